The first kappa shape index (κ1) is 48.7. The first-order valence-corrected chi connectivity index (χ1v) is 22.8. The highest BCUT2D eigenvalue weighted by atomic mass is 28.4. The summed E-state index contributed by atoms with van der Waals surface area (Å²) < 4.78 is 76.5. The second kappa shape index (κ2) is 30.6. The van der Waals surface area contributed by atoms with Crippen molar-refractivity contribution in [2.75, 3.05) is 94.5 Å². The molecule has 0 N–H and O–H groups in total. The van der Waals surface area contributed by atoms with E-state index in [2.05, 4.69) is 0 Å². The van der Waals surface area contributed by atoms with E-state index in [1.807, 2.05) is 69.2 Å². The maximum atomic E-state index is 5.89. The minimum atomic E-state index is -2.80. The summed E-state index contributed by atoms with van der Waals surface area (Å²) in [6, 6.07) is 1.30. The Morgan fingerprint density at radius 1 is 0.273 bits per heavy atom. The Kier molecular flexibility index (Phi) is 33.9. The number of hydrogen-bond acceptors (Lipinski definition) is 14. The van der Waals surface area contributed by atoms with Crippen LogP contribution in [-0.4, -0.2) is 130 Å². The van der Waals surface area contributed by atoms with Crippen LogP contribution in [0.3, 0.4) is 0 Å². The highest BCUT2D eigenvalue weighted by Gasteiger charge is 2.48. The van der Waals surface area contributed by atoms with Gasteiger partial charge in [-0.2, -0.15) is 0 Å². The average molecular weight is 715 g/mol. The van der Waals surface area contributed by atoms with Gasteiger partial charge in [-0.05, 0) is 69.2 Å². The maximum absolute atomic E-state index is 5.89. The molecular formula is C26H66O14Si4. The van der Waals surface area contributed by atoms with Crippen molar-refractivity contribution in [3.63, 3.8) is 0 Å². The Bertz CT molecular complexity index is 502. The Morgan fingerprint density at radius 3 is 0.568 bits per heavy atom. The van der Waals surface area contributed by atoms with E-state index in [4.69, 9.17) is 62.0 Å². The molecule has 18 heteroatoms. The predicted octanol–water partition coefficient (Wildman–Crippen LogP) is 4.66. The molecule has 0 aromatic rings. The topological polar surface area (TPSA) is 129 Å². The fourth-order valence-electron chi connectivity index (χ4n) is 3.77. The summed E-state index contributed by atoms with van der Waals surface area (Å²) >= 11 is 0. The number of rotatable bonds is 27. The van der Waals surface area contributed by atoms with Gasteiger partial charge in [-0.1, -0.05) is 0 Å². The van der Waals surface area contributed by atoms with Crippen LogP contribution >= 0.6 is 0 Å². The summed E-state index contributed by atoms with van der Waals surface area (Å²) in [4.78, 5) is 0. The molecule has 0 aliphatic heterocycles. The van der Waals surface area contributed by atoms with Crippen LogP contribution in [-0.2, 0) is 62.0 Å². The second-order valence-electron chi connectivity index (χ2n) is 8.01. The third-order valence-electron chi connectivity index (χ3n) is 5.21. The Balaban J connectivity index is -0.000000644. The summed E-state index contributed by atoms with van der Waals surface area (Å²) in [6.45, 7) is 24.9. The highest BCUT2D eigenvalue weighted by Crippen LogP contribution is 2.26. The lowest BCUT2D eigenvalue weighted by molar-refractivity contribution is -0.0247. The molecule has 0 atom stereocenters. The second-order valence-corrected chi connectivity index (χ2v) is 18.3. The fourth-order valence-corrected chi connectivity index (χ4v) is 13.1. The van der Waals surface area contributed by atoms with E-state index in [1.165, 1.54) is 28.4 Å². The smallest absolute Gasteiger partial charge is 0.374 e. The quantitative estimate of drug-likeness (QED) is 0.109. The largest absolute Gasteiger partial charge is 0.679 e. The lowest BCUT2D eigenvalue weighted by atomic mass is 10.9. The molecule has 0 aliphatic carbocycles. The molecule has 0 aliphatic rings. The van der Waals surface area contributed by atoms with Crippen LogP contribution in [0.15, 0.2) is 0 Å². The molecule has 44 heavy (non-hydrogen) atoms. The molecule has 0 radical (unpaired) electrons. The lowest BCUT2D eigenvalue weighted by Crippen LogP contribution is -2.51. The van der Waals surface area contributed by atoms with Crippen LogP contribution in [0.1, 0.15) is 69.2 Å². The zero-order chi connectivity index (χ0) is 34.4. The summed E-state index contributed by atoms with van der Waals surface area (Å²) in [6.07, 6.45) is 0. The van der Waals surface area contributed by atoms with E-state index in [-0.39, 0.29) is 0 Å². The SMILES string of the molecule is CCO[Si](CC[Si](OCC)(OCC)OCC)(OCC)OCC.CCO[Si](OCC)(OCC)OCC.CO[Si](OC)(OC)OC. The summed E-state index contributed by atoms with van der Waals surface area (Å²) in [7, 11) is -4.93. The maximum Gasteiger partial charge on any atom is 0.679 e. The highest BCUT2D eigenvalue weighted by molar-refractivity contribution is 6.66. The van der Waals surface area contributed by atoms with Crippen molar-refractivity contribution < 1.29 is 62.0 Å². The molecule has 0 unspecified atom stereocenters. The molecule has 0 rings (SSSR count). The van der Waals surface area contributed by atoms with E-state index in [1.54, 1.807) is 0 Å². The van der Waals surface area contributed by atoms with Crippen molar-refractivity contribution in [3.05, 3.63) is 0 Å². The molecule has 0 saturated carbocycles. The fraction of sp³-hybridized carbons (Fsp3) is 1.00. The van der Waals surface area contributed by atoms with Crippen LogP contribution in [0.4, 0.5) is 0 Å². The van der Waals surface area contributed by atoms with Crippen LogP contribution in [0, 0.1) is 0 Å². The van der Waals surface area contributed by atoms with Gasteiger partial charge in [-0.3, -0.25) is 0 Å². The molecule has 0 heterocycles. The van der Waals surface area contributed by atoms with Gasteiger partial charge in [0.2, 0.25) is 0 Å². The van der Waals surface area contributed by atoms with Crippen LogP contribution in [0.25, 0.3) is 0 Å². The molecule has 0 spiro atoms. The molecular weight excluding hydrogens is 649 g/mol. The summed E-state index contributed by atoms with van der Waals surface area (Å²) in [5.41, 5.74) is 0. The number of hydrogen-bond donors (Lipinski definition) is 0. The van der Waals surface area contributed by atoms with Crippen LogP contribution in [0.5, 0.6) is 0 Å². The van der Waals surface area contributed by atoms with Crippen LogP contribution < -0.4 is 0 Å². The van der Waals surface area contributed by atoms with Gasteiger partial charge in [-0.25, -0.2) is 0 Å². The van der Waals surface area contributed by atoms with Crippen molar-refractivity contribution in [1.82, 2.24) is 0 Å². The van der Waals surface area contributed by atoms with Gasteiger partial charge in [0.05, 0.1) is 0 Å². The van der Waals surface area contributed by atoms with Crippen molar-refractivity contribution >= 4 is 35.7 Å². The predicted molar refractivity (Wildman–Crippen MR) is 177 cm³/mol. The first-order valence-electron chi connectivity index (χ1n) is 15.7. The zero-order valence-electron chi connectivity index (χ0n) is 30.2. The summed E-state index contributed by atoms with van der Waals surface area (Å²) in [5.74, 6) is 0. The zero-order valence-corrected chi connectivity index (χ0v) is 34.2. The minimum Gasteiger partial charge on any atom is -0.374 e. The van der Waals surface area contributed by atoms with Crippen molar-refractivity contribution in [1.29, 1.82) is 0 Å². The van der Waals surface area contributed by atoms with E-state index in [9.17, 15) is 0 Å². The van der Waals surface area contributed by atoms with Crippen molar-refractivity contribution in [2.24, 2.45) is 0 Å². The van der Waals surface area contributed by atoms with Crippen molar-refractivity contribution in [2.45, 2.75) is 81.3 Å². The molecule has 0 aromatic carbocycles. The van der Waals surface area contributed by atoms with Crippen LogP contribution in [0.2, 0.25) is 12.1 Å². The molecule has 14 nitrogen and oxygen atoms in total. The van der Waals surface area contributed by atoms with E-state index in [0.29, 0.717) is 78.2 Å². The van der Waals surface area contributed by atoms with Gasteiger partial charge >= 0.3 is 35.7 Å². The Hall–Kier alpha value is 0.308. The first-order chi connectivity index (χ1) is 21.1. The third kappa shape index (κ3) is 20.5. The standard InChI is InChI=1S/C14H34O6Si2.C8H20O4Si.C4H12O4Si/c1-7-15-21(16-8-2,17-9-3)13-14-22(18-10-4,19-11-5)20-12-6;1-5-9-13(10-6-2,11-7-3)12-8-4;1-5-9(6-2,7-3)8-4/h7-14H2,1-6H3;5-8H2,1-4H3;1-4H3. The van der Waals surface area contributed by atoms with Gasteiger partial charge in [0.25, 0.3) is 0 Å². The monoisotopic (exact) mass is 714 g/mol. The normalized spacial score (nSPS) is 12.4. The van der Waals surface area contributed by atoms with Gasteiger partial charge in [0, 0.05) is 107 Å². The molecule has 0 amide bonds. The van der Waals surface area contributed by atoms with Gasteiger partial charge in [0.1, 0.15) is 0 Å². The molecule has 0 fully saturated rings. The van der Waals surface area contributed by atoms with E-state index < -0.39 is 35.7 Å². The summed E-state index contributed by atoms with van der Waals surface area (Å²) in [5, 5.41) is 0. The van der Waals surface area contributed by atoms with Gasteiger partial charge in [0.15, 0.2) is 0 Å². The van der Waals surface area contributed by atoms with E-state index >= 15 is 0 Å². The van der Waals surface area contributed by atoms with Gasteiger partial charge < -0.3 is 62.0 Å². The van der Waals surface area contributed by atoms with Crippen molar-refractivity contribution in [3.8, 4) is 0 Å². The molecule has 0 saturated heterocycles. The van der Waals surface area contributed by atoms with E-state index in [0.717, 1.165) is 0 Å². The third-order valence-corrected chi connectivity index (χ3v) is 16.4. The average Bonchev–Trinajstić information content (AvgIpc) is 3.00. The Labute approximate surface area is 273 Å². The Morgan fingerprint density at radius 2 is 0.455 bits per heavy atom. The molecule has 0 aromatic heterocycles. The molecule has 270 valence electrons. The molecule has 0 bridgehead atoms. The lowest BCUT2D eigenvalue weighted by Gasteiger charge is -2.33. The minimum absolute atomic E-state index is 0.548. The van der Waals surface area contributed by atoms with Gasteiger partial charge in [-0.15, -0.1) is 0 Å².